The molecule has 0 saturated carbocycles. The van der Waals surface area contributed by atoms with Crippen LogP contribution in [0, 0.1) is 0 Å². The first-order valence-electron chi connectivity index (χ1n) is 8.17. The summed E-state index contributed by atoms with van der Waals surface area (Å²) in [5, 5.41) is 0. The van der Waals surface area contributed by atoms with Crippen LogP contribution in [0.1, 0.15) is 43.0 Å². The van der Waals surface area contributed by atoms with Crippen molar-refractivity contribution in [2.45, 2.75) is 44.9 Å². The van der Waals surface area contributed by atoms with Gasteiger partial charge in [-0.2, -0.15) is 0 Å². The fraction of sp³-hybridized carbons (Fsp3) is 0.421. The van der Waals surface area contributed by atoms with Gasteiger partial charge in [-0.05, 0) is 56.0 Å². The number of halogens is 1. The van der Waals surface area contributed by atoms with Crippen LogP contribution in [-0.4, -0.2) is 22.0 Å². The van der Waals surface area contributed by atoms with E-state index in [-0.39, 0.29) is 5.60 Å². The SMILES string of the molecule is CC1(C)CN(C2CCc3ccc(Br)cc32)Cc2cccnc2O1. The number of pyridine rings is 1. The van der Waals surface area contributed by atoms with Crippen LogP contribution in [0.5, 0.6) is 5.88 Å². The Morgan fingerprint density at radius 3 is 3.00 bits per heavy atom. The molecule has 1 aromatic heterocycles. The van der Waals surface area contributed by atoms with E-state index >= 15 is 0 Å². The number of hydrogen-bond acceptors (Lipinski definition) is 3. The van der Waals surface area contributed by atoms with Gasteiger partial charge >= 0.3 is 0 Å². The second kappa shape index (κ2) is 5.60. The highest BCUT2D eigenvalue weighted by Crippen LogP contribution is 2.40. The van der Waals surface area contributed by atoms with Crippen LogP contribution in [0.3, 0.4) is 0 Å². The largest absolute Gasteiger partial charge is 0.470 e. The topological polar surface area (TPSA) is 25.4 Å². The Balaban J connectivity index is 1.72. The molecule has 4 heteroatoms. The fourth-order valence-corrected chi connectivity index (χ4v) is 4.22. The average molecular weight is 373 g/mol. The first-order valence-corrected chi connectivity index (χ1v) is 8.96. The number of hydrogen-bond donors (Lipinski definition) is 0. The molecule has 2 aliphatic rings. The molecule has 0 radical (unpaired) electrons. The van der Waals surface area contributed by atoms with Gasteiger partial charge in [0.15, 0.2) is 0 Å². The molecule has 1 aliphatic heterocycles. The smallest absolute Gasteiger partial charge is 0.218 e. The second-order valence-corrected chi connectivity index (χ2v) is 8.05. The van der Waals surface area contributed by atoms with Gasteiger partial charge in [0.25, 0.3) is 0 Å². The number of aryl methyl sites for hydroxylation is 1. The van der Waals surface area contributed by atoms with Gasteiger partial charge in [0, 0.05) is 35.4 Å². The normalized spacial score (nSPS) is 22.8. The molecule has 0 saturated heterocycles. The standard InChI is InChI=1S/C19H21BrN2O/c1-19(2)12-22(11-14-4-3-9-21-18(14)23-19)17-8-6-13-5-7-15(20)10-16(13)17/h3-5,7,9-10,17H,6,8,11-12H2,1-2H3. The summed E-state index contributed by atoms with van der Waals surface area (Å²) in [6.45, 7) is 6.10. The van der Waals surface area contributed by atoms with E-state index < -0.39 is 0 Å². The lowest BCUT2D eigenvalue weighted by molar-refractivity contribution is 0.0492. The van der Waals surface area contributed by atoms with E-state index in [1.807, 2.05) is 12.3 Å². The molecule has 2 aromatic rings. The summed E-state index contributed by atoms with van der Waals surface area (Å²) >= 11 is 3.63. The summed E-state index contributed by atoms with van der Waals surface area (Å²) in [6, 6.07) is 11.3. The van der Waals surface area contributed by atoms with Crippen molar-refractivity contribution in [1.82, 2.24) is 9.88 Å². The molecule has 4 rings (SSSR count). The van der Waals surface area contributed by atoms with E-state index in [9.17, 15) is 0 Å². The Bertz CT molecular complexity index is 744. The molecule has 1 unspecified atom stereocenters. The van der Waals surface area contributed by atoms with Crippen LogP contribution < -0.4 is 4.74 Å². The molecule has 3 nitrogen and oxygen atoms in total. The van der Waals surface area contributed by atoms with Gasteiger partial charge < -0.3 is 4.74 Å². The van der Waals surface area contributed by atoms with Crippen LogP contribution in [0.4, 0.5) is 0 Å². The molecule has 0 amide bonds. The summed E-state index contributed by atoms with van der Waals surface area (Å²) in [6.07, 6.45) is 4.15. The van der Waals surface area contributed by atoms with Crippen molar-refractivity contribution in [3.8, 4) is 5.88 Å². The van der Waals surface area contributed by atoms with Crippen LogP contribution in [-0.2, 0) is 13.0 Å². The minimum atomic E-state index is -0.242. The van der Waals surface area contributed by atoms with Gasteiger partial charge in [-0.15, -0.1) is 0 Å². The molecule has 0 fully saturated rings. The van der Waals surface area contributed by atoms with E-state index in [0.29, 0.717) is 6.04 Å². The first kappa shape index (κ1) is 15.2. The minimum absolute atomic E-state index is 0.242. The van der Waals surface area contributed by atoms with E-state index in [2.05, 4.69) is 63.9 Å². The molecule has 23 heavy (non-hydrogen) atoms. The molecule has 1 aliphatic carbocycles. The fourth-order valence-electron chi connectivity index (χ4n) is 3.85. The van der Waals surface area contributed by atoms with Gasteiger partial charge in [-0.3, -0.25) is 4.90 Å². The van der Waals surface area contributed by atoms with Crippen molar-refractivity contribution >= 4 is 15.9 Å². The molecule has 0 N–H and O–H groups in total. The zero-order valence-electron chi connectivity index (χ0n) is 13.6. The van der Waals surface area contributed by atoms with Crippen molar-refractivity contribution in [1.29, 1.82) is 0 Å². The second-order valence-electron chi connectivity index (χ2n) is 7.13. The third kappa shape index (κ3) is 2.90. The summed E-state index contributed by atoms with van der Waals surface area (Å²) in [5.41, 5.74) is 3.88. The Hall–Kier alpha value is -1.39. The van der Waals surface area contributed by atoms with E-state index in [4.69, 9.17) is 4.74 Å². The molecule has 0 spiro atoms. The van der Waals surface area contributed by atoms with Crippen molar-refractivity contribution in [3.63, 3.8) is 0 Å². The van der Waals surface area contributed by atoms with Gasteiger partial charge in [0.05, 0.1) is 0 Å². The first-order chi connectivity index (χ1) is 11.0. The molecular formula is C19H21BrN2O. The van der Waals surface area contributed by atoms with Gasteiger partial charge in [-0.1, -0.05) is 28.1 Å². The third-order valence-corrected chi connectivity index (χ3v) is 5.27. The minimum Gasteiger partial charge on any atom is -0.470 e. The predicted octanol–water partition coefficient (Wildman–Crippen LogP) is 4.50. The number of aromatic nitrogens is 1. The number of ether oxygens (including phenoxy) is 1. The van der Waals surface area contributed by atoms with Crippen LogP contribution >= 0.6 is 15.9 Å². The lowest BCUT2D eigenvalue weighted by Crippen LogP contribution is -2.41. The lowest BCUT2D eigenvalue weighted by Gasteiger charge is -2.33. The average Bonchev–Trinajstić information content (AvgIpc) is 2.84. The van der Waals surface area contributed by atoms with Crippen LogP contribution in [0.2, 0.25) is 0 Å². The zero-order valence-corrected chi connectivity index (χ0v) is 15.1. The maximum absolute atomic E-state index is 6.18. The summed E-state index contributed by atoms with van der Waals surface area (Å²) in [5.74, 6) is 0.785. The van der Waals surface area contributed by atoms with Gasteiger partial charge in [0.1, 0.15) is 5.60 Å². The molecule has 120 valence electrons. The Labute approximate surface area is 145 Å². The Morgan fingerprint density at radius 1 is 1.26 bits per heavy atom. The maximum Gasteiger partial charge on any atom is 0.218 e. The molecule has 1 atom stereocenters. The van der Waals surface area contributed by atoms with Crippen molar-refractivity contribution in [2.24, 2.45) is 0 Å². The molecule has 2 heterocycles. The van der Waals surface area contributed by atoms with Crippen LogP contribution in [0.15, 0.2) is 41.0 Å². The van der Waals surface area contributed by atoms with Crippen molar-refractivity contribution in [2.75, 3.05) is 6.54 Å². The quantitative estimate of drug-likeness (QED) is 0.736. The number of benzene rings is 1. The molecule has 0 bridgehead atoms. The van der Waals surface area contributed by atoms with Crippen molar-refractivity contribution in [3.05, 3.63) is 57.7 Å². The Kier molecular flexibility index (Phi) is 3.69. The van der Waals surface area contributed by atoms with E-state index in [1.165, 1.54) is 23.1 Å². The Morgan fingerprint density at radius 2 is 2.13 bits per heavy atom. The summed E-state index contributed by atoms with van der Waals surface area (Å²) in [4.78, 5) is 7.00. The van der Waals surface area contributed by atoms with Gasteiger partial charge in [-0.25, -0.2) is 4.98 Å². The third-order valence-electron chi connectivity index (χ3n) is 4.78. The van der Waals surface area contributed by atoms with E-state index in [1.54, 1.807) is 0 Å². The summed E-state index contributed by atoms with van der Waals surface area (Å²) < 4.78 is 7.35. The van der Waals surface area contributed by atoms with Crippen molar-refractivity contribution < 1.29 is 4.74 Å². The monoisotopic (exact) mass is 372 g/mol. The van der Waals surface area contributed by atoms with E-state index in [0.717, 1.165) is 29.9 Å². The highest BCUT2D eigenvalue weighted by Gasteiger charge is 2.36. The number of nitrogens with zero attached hydrogens (tertiary/aromatic N) is 2. The highest BCUT2D eigenvalue weighted by molar-refractivity contribution is 9.10. The maximum atomic E-state index is 6.18. The number of fused-ring (bicyclic) bond motifs is 2. The summed E-state index contributed by atoms with van der Waals surface area (Å²) in [7, 11) is 0. The van der Waals surface area contributed by atoms with Gasteiger partial charge in [0.2, 0.25) is 5.88 Å². The molecule has 1 aromatic carbocycles. The lowest BCUT2D eigenvalue weighted by atomic mass is 10.0. The number of rotatable bonds is 1. The highest BCUT2D eigenvalue weighted by atomic mass is 79.9. The van der Waals surface area contributed by atoms with Crippen LogP contribution in [0.25, 0.3) is 0 Å². The zero-order chi connectivity index (χ0) is 16.0. The molecular weight excluding hydrogens is 352 g/mol. The predicted molar refractivity (Wildman–Crippen MR) is 94.6 cm³/mol.